The smallest absolute Gasteiger partial charge is 0.339 e. The lowest BCUT2D eigenvalue weighted by atomic mass is 9.60. The Morgan fingerprint density at radius 2 is 1.36 bits per heavy atom. The molecule has 0 aliphatic heterocycles. The zero-order valence-electron chi connectivity index (χ0n) is 23.7. The fraction of sp³-hybridized carbons (Fsp3) is 0.171. The Hall–Kier alpha value is -5.01. The van der Waals surface area contributed by atoms with Crippen LogP contribution in [0.1, 0.15) is 21.5 Å². The molecular weight excluding hydrogens is 530 g/mol. The lowest BCUT2D eigenvalue weighted by molar-refractivity contribution is -0.145. The highest BCUT2D eigenvalue weighted by Crippen LogP contribution is 2.60. The molecule has 0 amide bonds. The molecule has 0 N–H and O–H groups in total. The second-order valence-corrected chi connectivity index (χ2v) is 9.50. The van der Waals surface area contributed by atoms with Gasteiger partial charge < -0.3 is 14.2 Å². The van der Waals surface area contributed by atoms with Crippen LogP contribution in [-0.4, -0.2) is 56.2 Å². The number of carbonyl (C=O) groups excluding carboxylic acids is 3. The molecule has 214 valence electrons. The number of benzene rings is 3. The van der Waals surface area contributed by atoms with E-state index in [-0.39, 0.29) is 0 Å². The Labute approximate surface area is 246 Å². The molecule has 7 heteroatoms. The number of methoxy groups -OCH3 is 2. The Bertz CT molecular complexity index is 1500. The number of rotatable bonds is 12. The Morgan fingerprint density at radius 1 is 0.810 bits per heavy atom. The SMILES string of the molecule is C=CCN(CC=C)[C@H](C(=O)OC)C1=C(c2ccccc2)[C@](OC(=O)c2ccccc2)(c2ccccc2)/C1=C/C(=O)OC. The first-order chi connectivity index (χ1) is 20.4. The number of nitrogens with zero attached hydrogens (tertiary/aromatic N) is 1. The quantitative estimate of drug-likeness (QED) is 0.124. The third-order valence-electron chi connectivity index (χ3n) is 7.04. The van der Waals surface area contributed by atoms with E-state index in [4.69, 9.17) is 14.2 Å². The van der Waals surface area contributed by atoms with Gasteiger partial charge in [0.25, 0.3) is 0 Å². The van der Waals surface area contributed by atoms with Crippen LogP contribution >= 0.6 is 0 Å². The predicted octanol–water partition coefficient (Wildman–Crippen LogP) is 5.52. The van der Waals surface area contributed by atoms with Gasteiger partial charge in [0, 0.05) is 35.9 Å². The first-order valence-electron chi connectivity index (χ1n) is 13.4. The molecule has 0 spiro atoms. The zero-order valence-corrected chi connectivity index (χ0v) is 23.7. The summed E-state index contributed by atoms with van der Waals surface area (Å²) in [5.41, 5.74) is 1.36. The van der Waals surface area contributed by atoms with Crippen LogP contribution in [0.3, 0.4) is 0 Å². The monoisotopic (exact) mass is 563 g/mol. The van der Waals surface area contributed by atoms with Crippen molar-refractivity contribution >= 4 is 23.5 Å². The van der Waals surface area contributed by atoms with E-state index in [0.29, 0.717) is 46.5 Å². The van der Waals surface area contributed by atoms with E-state index >= 15 is 0 Å². The molecule has 42 heavy (non-hydrogen) atoms. The molecule has 0 saturated heterocycles. The summed E-state index contributed by atoms with van der Waals surface area (Å²) in [5, 5.41) is 0. The Balaban J connectivity index is 2.13. The van der Waals surface area contributed by atoms with Crippen molar-refractivity contribution in [2.75, 3.05) is 27.3 Å². The average molecular weight is 564 g/mol. The highest BCUT2D eigenvalue weighted by atomic mass is 16.6. The van der Waals surface area contributed by atoms with Crippen molar-refractivity contribution < 1.29 is 28.6 Å². The van der Waals surface area contributed by atoms with Crippen LogP contribution in [0.15, 0.2) is 134 Å². The molecule has 0 fully saturated rings. The fourth-order valence-corrected chi connectivity index (χ4v) is 5.28. The molecule has 1 aliphatic rings. The van der Waals surface area contributed by atoms with Gasteiger partial charge in [-0.3, -0.25) is 4.90 Å². The highest BCUT2D eigenvalue weighted by molar-refractivity contribution is 6.03. The minimum Gasteiger partial charge on any atom is -0.468 e. The normalized spacial score (nSPS) is 17.6. The van der Waals surface area contributed by atoms with Crippen molar-refractivity contribution in [2.24, 2.45) is 0 Å². The number of carbonyl (C=O) groups is 3. The van der Waals surface area contributed by atoms with Gasteiger partial charge in [0.1, 0.15) is 6.04 Å². The molecule has 0 saturated carbocycles. The maximum atomic E-state index is 13.8. The summed E-state index contributed by atoms with van der Waals surface area (Å²) >= 11 is 0. The van der Waals surface area contributed by atoms with Crippen molar-refractivity contribution in [1.29, 1.82) is 0 Å². The largest absolute Gasteiger partial charge is 0.468 e. The van der Waals surface area contributed by atoms with E-state index in [9.17, 15) is 14.4 Å². The van der Waals surface area contributed by atoms with Crippen molar-refractivity contribution in [3.05, 3.63) is 150 Å². The molecule has 2 atom stereocenters. The number of ether oxygens (including phenoxy) is 3. The van der Waals surface area contributed by atoms with Gasteiger partial charge >= 0.3 is 17.9 Å². The summed E-state index contributed by atoms with van der Waals surface area (Å²) in [6.45, 7) is 8.34. The van der Waals surface area contributed by atoms with Crippen molar-refractivity contribution in [2.45, 2.75) is 11.6 Å². The second kappa shape index (κ2) is 13.6. The Morgan fingerprint density at radius 3 is 1.88 bits per heavy atom. The van der Waals surface area contributed by atoms with Crippen LogP contribution in [0.25, 0.3) is 5.57 Å². The molecule has 0 aromatic heterocycles. The van der Waals surface area contributed by atoms with E-state index in [0.717, 1.165) is 0 Å². The van der Waals surface area contributed by atoms with Crippen LogP contribution in [0.4, 0.5) is 0 Å². The standard InChI is InChI=1S/C35H33NO6/c1-5-22-36(23-6-2)32(34(39)41-4)30-28(24-29(37)40-3)35(27-20-14-9-15-21-27,31(30)25-16-10-7-11-17-25)42-33(38)26-18-12-8-13-19-26/h5-21,24,32H,1-2,22-23H2,3-4H3/b28-24+/t32-,35-/m0/s1. The van der Waals surface area contributed by atoms with Gasteiger partial charge in [-0.2, -0.15) is 0 Å². The molecule has 3 aromatic carbocycles. The third kappa shape index (κ3) is 5.73. The fourth-order valence-electron chi connectivity index (χ4n) is 5.28. The van der Waals surface area contributed by atoms with Gasteiger partial charge in [-0.1, -0.05) is 91.0 Å². The van der Waals surface area contributed by atoms with E-state index in [1.165, 1.54) is 20.3 Å². The maximum absolute atomic E-state index is 13.8. The average Bonchev–Trinajstić information content (AvgIpc) is 3.03. The van der Waals surface area contributed by atoms with Gasteiger partial charge in [0.05, 0.1) is 19.8 Å². The van der Waals surface area contributed by atoms with Crippen LogP contribution < -0.4 is 0 Å². The number of hydrogen-bond donors (Lipinski definition) is 0. The second-order valence-electron chi connectivity index (χ2n) is 9.50. The summed E-state index contributed by atoms with van der Waals surface area (Å²) in [4.78, 5) is 42.1. The first kappa shape index (κ1) is 30.0. The van der Waals surface area contributed by atoms with Gasteiger partial charge in [-0.05, 0) is 23.3 Å². The molecule has 4 rings (SSSR count). The molecule has 1 aliphatic carbocycles. The summed E-state index contributed by atoms with van der Waals surface area (Å²) in [7, 11) is 2.57. The Kier molecular flexibility index (Phi) is 9.68. The van der Waals surface area contributed by atoms with E-state index in [2.05, 4.69) is 13.2 Å². The van der Waals surface area contributed by atoms with Gasteiger partial charge in [-0.15, -0.1) is 13.2 Å². The van der Waals surface area contributed by atoms with Crippen LogP contribution in [0.2, 0.25) is 0 Å². The van der Waals surface area contributed by atoms with Crippen molar-refractivity contribution in [3.8, 4) is 0 Å². The molecular formula is C35H33NO6. The molecule has 0 heterocycles. The molecule has 0 radical (unpaired) electrons. The van der Waals surface area contributed by atoms with E-state index in [1.54, 1.807) is 42.5 Å². The lowest BCUT2D eigenvalue weighted by Crippen LogP contribution is -2.53. The predicted molar refractivity (Wildman–Crippen MR) is 161 cm³/mol. The van der Waals surface area contributed by atoms with Crippen molar-refractivity contribution in [1.82, 2.24) is 4.90 Å². The zero-order chi connectivity index (χ0) is 30.1. The van der Waals surface area contributed by atoms with Gasteiger partial charge in [0.2, 0.25) is 0 Å². The summed E-state index contributed by atoms with van der Waals surface area (Å²) < 4.78 is 16.8. The third-order valence-corrected chi connectivity index (χ3v) is 7.04. The van der Waals surface area contributed by atoms with E-state index < -0.39 is 29.6 Å². The van der Waals surface area contributed by atoms with Gasteiger partial charge in [-0.25, -0.2) is 14.4 Å². The first-order valence-corrected chi connectivity index (χ1v) is 13.4. The summed E-state index contributed by atoms with van der Waals surface area (Å²) in [6, 6.07) is 26.1. The molecule has 3 aromatic rings. The van der Waals surface area contributed by atoms with Gasteiger partial charge in [0.15, 0.2) is 5.60 Å². The van der Waals surface area contributed by atoms with Crippen molar-refractivity contribution in [3.63, 3.8) is 0 Å². The van der Waals surface area contributed by atoms with Crippen LogP contribution in [0.5, 0.6) is 0 Å². The molecule has 0 bridgehead atoms. The summed E-state index contributed by atoms with van der Waals surface area (Å²) in [6.07, 6.45) is 4.62. The maximum Gasteiger partial charge on any atom is 0.339 e. The topological polar surface area (TPSA) is 82.1 Å². The minimum absolute atomic E-state index is 0.303. The number of esters is 3. The van der Waals surface area contributed by atoms with Crippen LogP contribution in [0, 0.1) is 0 Å². The molecule has 7 nitrogen and oxygen atoms in total. The highest BCUT2D eigenvalue weighted by Gasteiger charge is 2.59. The van der Waals surface area contributed by atoms with Crippen LogP contribution in [-0.2, 0) is 29.4 Å². The molecule has 0 unspecified atom stereocenters. The lowest BCUT2D eigenvalue weighted by Gasteiger charge is -2.50. The summed E-state index contributed by atoms with van der Waals surface area (Å²) in [5.74, 6) is -1.84. The van der Waals surface area contributed by atoms with E-state index in [1.807, 2.05) is 65.6 Å². The number of hydrogen-bond acceptors (Lipinski definition) is 7. The minimum atomic E-state index is -1.57.